The van der Waals surface area contributed by atoms with Crippen LogP contribution in [0.1, 0.15) is 19.4 Å². The minimum Gasteiger partial charge on any atom is -0.374 e. The highest BCUT2D eigenvalue weighted by atomic mass is 16.8. The van der Waals surface area contributed by atoms with Crippen LogP contribution < -0.4 is 0 Å². The van der Waals surface area contributed by atoms with Gasteiger partial charge in [0.1, 0.15) is 18.8 Å². The molecule has 0 aromatic heterocycles. The van der Waals surface area contributed by atoms with Gasteiger partial charge in [0.15, 0.2) is 0 Å². The monoisotopic (exact) mass is 435 g/mol. The number of hydrogen-bond donors (Lipinski definition) is 0. The average molecular weight is 436 g/mol. The number of carbonyl (C=O) groups is 1. The van der Waals surface area contributed by atoms with Gasteiger partial charge < -0.3 is 33.3 Å². The maximum absolute atomic E-state index is 11.5. The van der Waals surface area contributed by atoms with Gasteiger partial charge in [-0.25, -0.2) is 0 Å². The molecule has 0 spiro atoms. The lowest BCUT2D eigenvalue weighted by molar-refractivity contribution is -0.452. The molecule has 0 bridgehead atoms. The fraction of sp³-hybridized carbons (Fsp3) is 0.609. The Morgan fingerprint density at radius 2 is 1.55 bits per heavy atom. The van der Waals surface area contributed by atoms with Gasteiger partial charge in [-0.2, -0.15) is 0 Å². The fourth-order valence-corrected chi connectivity index (χ4v) is 3.01. The van der Waals surface area contributed by atoms with Crippen LogP contribution in [0.3, 0.4) is 0 Å². The molecule has 2 rings (SSSR count). The van der Waals surface area contributed by atoms with E-state index in [2.05, 4.69) is 11.8 Å². The Kier molecular flexibility index (Phi) is 9.44. The average Bonchev–Trinajstić information content (AvgIpc) is 2.77. The van der Waals surface area contributed by atoms with Gasteiger partial charge in [0.05, 0.1) is 19.8 Å². The second-order valence-electron chi connectivity index (χ2n) is 7.63. The molecule has 1 fully saturated rings. The van der Waals surface area contributed by atoms with Gasteiger partial charge >= 0.3 is 0 Å². The quantitative estimate of drug-likeness (QED) is 0.433. The number of hydrogen-bond acceptors (Lipinski definition) is 7. The van der Waals surface area contributed by atoms with Gasteiger partial charge in [-0.1, -0.05) is 36.3 Å². The summed E-state index contributed by atoms with van der Waals surface area (Å²) < 4.78 is 35.1. The number of carbonyl (C=O) groups excluding carboxylic acids is 1. The predicted molar refractivity (Wildman–Crippen MR) is 114 cm³/mol. The van der Waals surface area contributed by atoms with Crippen LogP contribution in [-0.2, 0) is 39.8 Å². The molecule has 0 unspecified atom stereocenters. The lowest BCUT2D eigenvalue weighted by atomic mass is 10.0. The molecule has 4 atom stereocenters. The Hall–Kier alpha value is -1.99. The Balaban J connectivity index is 2.01. The third-order valence-electron chi connectivity index (χ3n) is 5.22. The normalized spacial score (nSPS) is 27.9. The number of benzene rings is 1. The molecule has 1 aromatic carbocycles. The minimum atomic E-state index is -1.15. The summed E-state index contributed by atoms with van der Waals surface area (Å²) in [4.78, 5) is 12.9. The van der Waals surface area contributed by atoms with Crippen molar-refractivity contribution in [3.8, 4) is 11.8 Å². The Morgan fingerprint density at radius 3 is 2.06 bits per heavy atom. The van der Waals surface area contributed by atoms with E-state index in [9.17, 15) is 4.79 Å². The van der Waals surface area contributed by atoms with Crippen LogP contribution in [0.2, 0.25) is 0 Å². The molecule has 0 N–H and O–H groups in total. The molecule has 0 radical (unpaired) electrons. The van der Waals surface area contributed by atoms with E-state index >= 15 is 0 Å². The number of amides is 1. The molecule has 1 saturated heterocycles. The molecule has 1 aromatic rings. The highest BCUT2D eigenvalue weighted by Crippen LogP contribution is 2.39. The van der Waals surface area contributed by atoms with E-state index in [0.717, 1.165) is 5.56 Å². The van der Waals surface area contributed by atoms with Crippen molar-refractivity contribution in [3.63, 3.8) is 0 Å². The third-order valence-corrected chi connectivity index (χ3v) is 5.22. The molecule has 1 amide bonds. The van der Waals surface area contributed by atoms with Crippen molar-refractivity contribution in [3.05, 3.63) is 35.9 Å². The highest BCUT2D eigenvalue weighted by Gasteiger charge is 2.56. The van der Waals surface area contributed by atoms with Gasteiger partial charge in [0, 0.05) is 28.3 Å². The lowest BCUT2D eigenvalue weighted by Gasteiger charge is -2.51. The first-order chi connectivity index (χ1) is 14.7. The molecular weight excluding hydrogens is 402 g/mol. The zero-order valence-corrected chi connectivity index (χ0v) is 19.2. The maximum atomic E-state index is 11.5. The number of nitrogens with zero attached hydrogens (tertiary/aromatic N) is 1. The summed E-state index contributed by atoms with van der Waals surface area (Å²) in [7, 11) is 6.35. The van der Waals surface area contributed by atoms with E-state index < -0.39 is 23.8 Å². The molecule has 0 aliphatic carbocycles. The number of ether oxygens (including phenoxy) is 6. The highest BCUT2D eigenvalue weighted by molar-refractivity contribution is 5.93. The Labute approximate surface area is 184 Å². The van der Waals surface area contributed by atoms with Crippen LogP contribution in [0.15, 0.2) is 30.3 Å². The third kappa shape index (κ3) is 6.74. The molecule has 1 aliphatic heterocycles. The summed E-state index contributed by atoms with van der Waals surface area (Å²) in [5.41, 5.74) is 1.06. The molecule has 8 nitrogen and oxygen atoms in total. The standard InChI is InChI=1S/C23H33NO7/c1-22(26-5)23(2,27-6)31-20(17-29-15-18-11-8-7-9-12-18)19(30-22)16-28-14-10-13-21(25)24(3)4/h7-9,11-12,19-20H,14-17H2,1-6H3/t19-,20-,22+,23+/m0/s1. The van der Waals surface area contributed by atoms with Crippen molar-refractivity contribution >= 4 is 5.91 Å². The Morgan fingerprint density at radius 1 is 1.00 bits per heavy atom. The van der Waals surface area contributed by atoms with Crippen molar-refractivity contribution < 1.29 is 33.2 Å². The smallest absolute Gasteiger partial charge is 0.298 e. The first-order valence-electron chi connectivity index (χ1n) is 10.1. The van der Waals surface area contributed by atoms with Crippen molar-refractivity contribution in [1.29, 1.82) is 0 Å². The van der Waals surface area contributed by atoms with Gasteiger partial charge in [-0.15, -0.1) is 0 Å². The largest absolute Gasteiger partial charge is 0.374 e. The molecule has 31 heavy (non-hydrogen) atoms. The van der Waals surface area contributed by atoms with Crippen LogP contribution in [0.5, 0.6) is 0 Å². The van der Waals surface area contributed by atoms with Crippen LogP contribution in [0, 0.1) is 11.8 Å². The maximum Gasteiger partial charge on any atom is 0.298 e. The predicted octanol–water partition coefficient (Wildman–Crippen LogP) is 1.82. The van der Waals surface area contributed by atoms with Crippen LogP contribution in [0.25, 0.3) is 0 Å². The zero-order valence-electron chi connectivity index (χ0n) is 19.2. The SMILES string of the molecule is CO[C@]1(C)O[C@@H](COCC#CC(=O)N(C)C)[C@H](COCc2ccccc2)O[C@@]1(C)OC. The Bertz CT molecular complexity index is 760. The van der Waals surface area contributed by atoms with Crippen LogP contribution >= 0.6 is 0 Å². The molecule has 1 aliphatic rings. The molecule has 172 valence electrons. The molecule has 1 heterocycles. The van der Waals surface area contributed by atoms with E-state index in [0.29, 0.717) is 6.61 Å². The number of rotatable bonds is 9. The first-order valence-corrected chi connectivity index (χ1v) is 10.1. The summed E-state index contributed by atoms with van der Waals surface area (Å²) in [5.74, 6) is 2.63. The summed E-state index contributed by atoms with van der Waals surface area (Å²) in [5, 5.41) is 0. The summed E-state index contributed by atoms with van der Waals surface area (Å²) in [6, 6.07) is 9.87. The molecule has 0 saturated carbocycles. The zero-order chi connectivity index (χ0) is 22.9. The van der Waals surface area contributed by atoms with Gasteiger partial charge in [0.25, 0.3) is 5.91 Å². The fourth-order valence-electron chi connectivity index (χ4n) is 3.01. The van der Waals surface area contributed by atoms with Crippen molar-refractivity contribution in [2.75, 3.05) is 48.1 Å². The van der Waals surface area contributed by atoms with Gasteiger partial charge in [-0.3, -0.25) is 4.79 Å². The minimum absolute atomic E-state index is 0.0856. The van der Waals surface area contributed by atoms with Crippen molar-refractivity contribution in [1.82, 2.24) is 4.90 Å². The van der Waals surface area contributed by atoms with E-state index in [1.54, 1.807) is 27.9 Å². The lowest BCUT2D eigenvalue weighted by Crippen LogP contribution is -2.66. The second kappa shape index (κ2) is 11.6. The van der Waals surface area contributed by atoms with E-state index in [-0.39, 0.29) is 25.7 Å². The van der Waals surface area contributed by atoms with E-state index in [4.69, 9.17) is 28.4 Å². The van der Waals surface area contributed by atoms with E-state index in [1.165, 1.54) is 19.1 Å². The summed E-state index contributed by atoms with van der Waals surface area (Å²) >= 11 is 0. The van der Waals surface area contributed by atoms with Crippen LogP contribution in [-0.4, -0.2) is 82.7 Å². The van der Waals surface area contributed by atoms with Crippen molar-refractivity contribution in [2.45, 2.75) is 44.2 Å². The van der Waals surface area contributed by atoms with Crippen molar-refractivity contribution in [2.24, 2.45) is 0 Å². The molecule has 8 heteroatoms. The van der Waals surface area contributed by atoms with Crippen LogP contribution in [0.4, 0.5) is 0 Å². The summed E-state index contributed by atoms with van der Waals surface area (Å²) in [6.45, 7) is 4.49. The topological polar surface area (TPSA) is 75.7 Å². The number of methoxy groups -OCH3 is 2. The van der Waals surface area contributed by atoms with Gasteiger partial charge in [0.2, 0.25) is 11.6 Å². The van der Waals surface area contributed by atoms with E-state index in [1.807, 2.05) is 30.3 Å². The molecular formula is C23H33NO7. The first kappa shape index (κ1) is 25.3. The van der Waals surface area contributed by atoms with Gasteiger partial charge in [-0.05, 0) is 25.3 Å². The second-order valence-corrected chi connectivity index (χ2v) is 7.63. The summed E-state index contributed by atoms with van der Waals surface area (Å²) in [6.07, 6.45) is -0.955.